The molecule has 2 aliphatic rings. The lowest BCUT2D eigenvalue weighted by Gasteiger charge is -2.35. The molecule has 2 aromatic heterocycles. The predicted molar refractivity (Wildman–Crippen MR) is 127 cm³/mol. The van der Waals surface area contributed by atoms with E-state index in [9.17, 15) is 14.7 Å². The number of carbonyl (C=O) groups is 1. The fraction of sp³-hybridized carbons (Fsp3) is 0.333. The maximum absolute atomic E-state index is 13.4. The SMILES string of the molecule is C=CCN1C(=O)/C(=C/c2c(N3CCN(CCO)CC3)nc3ccccn3c2=O)SC1=S. The van der Waals surface area contributed by atoms with E-state index in [1.54, 1.807) is 30.5 Å². The minimum Gasteiger partial charge on any atom is -0.395 e. The van der Waals surface area contributed by atoms with Gasteiger partial charge in [-0.2, -0.15) is 0 Å². The number of aromatic nitrogens is 2. The van der Waals surface area contributed by atoms with Crippen molar-refractivity contribution in [2.24, 2.45) is 0 Å². The Morgan fingerprint density at radius 2 is 2.00 bits per heavy atom. The summed E-state index contributed by atoms with van der Waals surface area (Å²) in [5, 5.41) is 9.19. The van der Waals surface area contributed by atoms with Crippen molar-refractivity contribution < 1.29 is 9.90 Å². The summed E-state index contributed by atoms with van der Waals surface area (Å²) in [7, 11) is 0. The molecule has 4 rings (SSSR count). The quantitative estimate of drug-likeness (QED) is 0.394. The molecule has 1 N–H and O–H groups in total. The summed E-state index contributed by atoms with van der Waals surface area (Å²) < 4.78 is 1.94. The van der Waals surface area contributed by atoms with Gasteiger partial charge in [0.1, 0.15) is 15.8 Å². The Morgan fingerprint density at radius 3 is 2.71 bits per heavy atom. The Kier molecular flexibility index (Phi) is 6.51. The number of thiocarbonyl (C=S) groups is 1. The van der Waals surface area contributed by atoms with Gasteiger partial charge in [-0.1, -0.05) is 36.1 Å². The van der Waals surface area contributed by atoms with Crippen molar-refractivity contribution in [2.45, 2.75) is 0 Å². The van der Waals surface area contributed by atoms with Crippen molar-refractivity contribution in [1.82, 2.24) is 19.2 Å². The van der Waals surface area contributed by atoms with Crippen LogP contribution in [-0.2, 0) is 4.79 Å². The molecule has 2 aliphatic heterocycles. The third kappa shape index (κ3) is 4.29. The summed E-state index contributed by atoms with van der Waals surface area (Å²) in [4.78, 5) is 37.1. The van der Waals surface area contributed by atoms with Crippen molar-refractivity contribution in [3.8, 4) is 0 Å². The zero-order valence-electron chi connectivity index (χ0n) is 16.9. The highest BCUT2D eigenvalue weighted by atomic mass is 32.2. The second kappa shape index (κ2) is 9.31. The number of nitrogens with zero attached hydrogens (tertiary/aromatic N) is 5. The lowest BCUT2D eigenvalue weighted by Crippen LogP contribution is -2.48. The van der Waals surface area contributed by atoms with Gasteiger partial charge in [-0.25, -0.2) is 4.98 Å². The molecule has 0 unspecified atom stereocenters. The molecular weight excluding hydrogens is 434 g/mol. The van der Waals surface area contributed by atoms with Crippen LogP contribution in [0, 0.1) is 0 Å². The minimum atomic E-state index is -0.230. The highest BCUT2D eigenvalue weighted by Crippen LogP contribution is 2.33. The number of hydrogen-bond donors (Lipinski definition) is 1. The van der Waals surface area contributed by atoms with E-state index in [2.05, 4.69) is 16.4 Å². The van der Waals surface area contributed by atoms with Gasteiger partial charge in [-0.05, 0) is 18.2 Å². The molecule has 0 bridgehead atoms. The third-order valence-corrected chi connectivity index (χ3v) is 6.68. The summed E-state index contributed by atoms with van der Waals surface area (Å²) in [6.45, 7) is 7.62. The number of carbonyl (C=O) groups excluding carboxylic acids is 1. The van der Waals surface area contributed by atoms with Crippen LogP contribution >= 0.6 is 24.0 Å². The fourth-order valence-electron chi connectivity index (χ4n) is 3.70. The molecule has 0 aliphatic carbocycles. The Labute approximate surface area is 189 Å². The van der Waals surface area contributed by atoms with Gasteiger partial charge in [-0.3, -0.25) is 23.8 Å². The Bertz CT molecular complexity index is 1120. The first kappa shape index (κ1) is 21.7. The first-order chi connectivity index (χ1) is 15.0. The van der Waals surface area contributed by atoms with Crippen LogP contribution in [0.4, 0.5) is 5.82 Å². The predicted octanol–water partition coefficient (Wildman–Crippen LogP) is 1.20. The number of thioether (sulfide) groups is 1. The van der Waals surface area contributed by atoms with Crippen molar-refractivity contribution in [3.05, 3.63) is 57.9 Å². The molecule has 8 nitrogen and oxygen atoms in total. The first-order valence-corrected chi connectivity index (χ1v) is 11.2. The van der Waals surface area contributed by atoms with E-state index >= 15 is 0 Å². The maximum Gasteiger partial charge on any atom is 0.267 e. The van der Waals surface area contributed by atoms with Crippen LogP contribution in [0.25, 0.3) is 11.7 Å². The monoisotopic (exact) mass is 457 g/mol. The molecular formula is C21H23N5O3S2. The standard InChI is InChI=1S/C21H23N5O3S2/c1-2-6-26-20(29)16(31-21(26)30)14-15-18(24-10-8-23(9-11-24)12-13-27)22-17-5-3-4-7-25(17)19(15)28/h2-5,7,14,27H,1,6,8-13H2/b16-14-. The molecule has 31 heavy (non-hydrogen) atoms. The molecule has 0 saturated carbocycles. The number of hydrogen-bond acceptors (Lipinski definition) is 8. The van der Waals surface area contributed by atoms with Crippen LogP contribution < -0.4 is 10.5 Å². The molecule has 0 aromatic carbocycles. The Balaban J connectivity index is 1.77. The number of aliphatic hydroxyl groups excluding tert-OH is 1. The molecule has 0 atom stereocenters. The molecule has 2 aromatic rings. The number of piperazine rings is 1. The van der Waals surface area contributed by atoms with E-state index in [4.69, 9.17) is 17.2 Å². The van der Waals surface area contributed by atoms with Crippen LogP contribution in [0.5, 0.6) is 0 Å². The second-order valence-electron chi connectivity index (χ2n) is 7.22. The smallest absolute Gasteiger partial charge is 0.267 e. The van der Waals surface area contributed by atoms with Gasteiger partial charge >= 0.3 is 0 Å². The molecule has 2 fully saturated rings. The fourth-order valence-corrected chi connectivity index (χ4v) is 4.96. The minimum absolute atomic E-state index is 0.118. The van der Waals surface area contributed by atoms with Crippen LogP contribution in [0.1, 0.15) is 5.56 Å². The number of pyridine rings is 1. The van der Waals surface area contributed by atoms with E-state index in [1.807, 2.05) is 6.07 Å². The van der Waals surface area contributed by atoms with Crippen molar-refractivity contribution in [2.75, 3.05) is 50.8 Å². The van der Waals surface area contributed by atoms with Gasteiger partial charge in [0.05, 0.1) is 17.1 Å². The third-order valence-electron chi connectivity index (χ3n) is 5.30. The summed E-state index contributed by atoms with van der Waals surface area (Å²) in [6.07, 6.45) is 4.91. The number of fused-ring (bicyclic) bond motifs is 1. The van der Waals surface area contributed by atoms with E-state index < -0.39 is 0 Å². The first-order valence-electron chi connectivity index (χ1n) is 9.99. The number of aliphatic hydroxyl groups is 1. The van der Waals surface area contributed by atoms with Gasteiger partial charge in [0, 0.05) is 45.5 Å². The number of rotatable bonds is 6. The van der Waals surface area contributed by atoms with Crippen LogP contribution in [0.3, 0.4) is 0 Å². The zero-order valence-corrected chi connectivity index (χ0v) is 18.6. The van der Waals surface area contributed by atoms with Crippen LogP contribution in [0.15, 0.2) is 46.8 Å². The highest BCUT2D eigenvalue weighted by Gasteiger charge is 2.32. The molecule has 4 heterocycles. The van der Waals surface area contributed by atoms with Crippen LogP contribution in [0.2, 0.25) is 0 Å². The normalized spacial score (nSPS) is 19.1. The lowest BCUT2D eigenvalue weighted by molar-refractivity contribution is -0.121. The van der Waals surface area contributed by atoms with Gasteiger partial charge in [0.2, 0.25) is 0 Å². The van der Waals surface area contributed by atoms with Crippen molar-refractivity contribution in [3.63, 3.8) is 0 Å². The van der Waals surface area contributed by atoms with E-state index in [-0.39, 0.29) is 18.1 Å². The molecule has 1 amide bonds. The summed E-state index contributed by atoms with van der Waals surface area (Å²) in [6, 6.07) is 5.40. The topological polar surface area (TPSA) is 81.4 Å². The highest BCUT2D eigenvalue weighted by molar-refractivity contribution is 8.26. The maximum atomic E-state index is 13.4. The summed E-state index contributed by atoms with van der Waals surface area (Å²) >= 11 is 6.51. The number of amides is 1. The van der Waals surface area contributed by atoms with Crippen molar-refractivity contribution >= 4 is 51.7 Å². The van der Waals surface area contributed by atoms with Gasteiger partial charge in [0.15, 0.2) is 0 Å². The zero-order chi connectivity index (χ0) is 22.0. The molecule has 10 heteroatoms. The molecule has 0 radical (unpaired) electrons. The summed E-state index contributed by atoms with van der Waals surface area (Å²) in [5.41, 5.74) is 0.697. The van der Waals surface area contributed by atoms with Crippen LogP contribution in [-0.4, -0.2) is 80.4 Å². The number of anilines is 1. The summed E-state index contributed by atoms with van der Waals surface area (Å²) in [5.74, 6) is 0.333. The largest absolute Gasteiger partial charge is 0.395 e. The average molecular weight is 458 g/mol. The average Bonchev–Trinajstić information content (AvgIpc) is 3.04. The molecule has 162 valence electrons. The van der Waals surface area contributed by atoms with E-state index in [0.29, 0.717) is 52.4 Å². The van der Waals surface area contributed by atoms with Gasteiger partial charge < -0.3 is 10.0 Å². The van der Waals surface area contributed by atoms with E-state index in [0.717, 1.165) is 13.1 Å². The molecule has 0 spiro atoms. The Hall–Kier alpha value is -2.53. The lowest BCUT2D eigenvalue weighted by atomic mass is 10.2. The Morgan fingerprint density at radius 1 is 1.23 bits per heavy atom. The van der Waals surface area contributed by atoms with E-state index in [1.165, 1.54) is 21.1 Å². The van der Waals surface area contributed by atoms with Crippen molar-refractivity contribution in [1.29, 1.82) is 0 Å². The number of β-amino-alcohol motifs (C(OH)–C–C–N with tert-alkyl or cyclic N) is 1. The van der Waals surface area contributed by atoms with Gasteiger partial charge in [-0.15, -0.1) is 6.58 Å². The molecule has 2 saturated heterocycles. The second-order valence-corrected chi connectivity index (χ2v) is 8.89. The van der Waals surface area contributed by atoms with Gasteiger partial charge in [0.25, 0.3) is 11.5 Å².